The summed E-state index contributed by atoms with van der Waals surface area (Å²) in [6.45, 7) is 6.32. The second-order valence-electron chi connectivity index (χ2n) is 10.1. The van der Waals surface area contributed by atoms with Gasteiger partial charge in [-0.05, 0) is 75.6 Å². The van der Waals surface area contributed by atoms with Crippen LogP contribution < -0.4 is 14.8 Å². The predicted octanol–water partition coefficient (Wildman–Crippen LogP) is 3.45. The van der Waals surface area contributed by atoms with E-state index in [0.29, 0.717) is 43.2 Å². The largest absolute Gasteiger partial charge is 0.497 e. The highest BCUT2D eigenvalue weighted by Gasteiger charge is 2.44. The maximum Gasteiger partial charge on any atom is 0.306 e. The fraction of sp³-hybridized carbons (Fsp3) is 0.483. The summed E-state index contributed by atoms with van der Waals surface area (Å²) in [5, 5.41) is 11.9. The molecule has 0 saturated heterocycles. The van der Waals surface area contributed by atoms with E-state index in [1.165, 1.54) is 0 Å². The third-order valence-electron chi connectivity index (χ3n) is 5.88. The molecule has 2 N–H and O–H groups in total. The van der Waals surface area contributed by atoms with Gasteiger partial charge in [0.25, 0.3) is 5.91 Å². The Hall–Kier alpha value is -3.59. The summed E-state index contributed by atoms with van der Waals surface area (Å²) < 4.78 is 22.1. The van der Waals surface area contributed by atoms with Crippen molar-refractivity contribution in [2.24, 2.45) is 4.99 Å². The second-order valence-corrected chi connectivity index (χ2v) is 10.1. The normalized spacial score (nSPS) is 16.8. The van der Waals surface area contributed by atoms with Crippen LogP contribution in [-0.4, -0.2) is 67.5 Å². The zero-order valence-electron chi connectivity index (χ0n) is 22.6. The molecule has 1 aliphatic rings. The lowest BCUT2D eigenvalue weighted by atomic mass is 9.94. The molecule has 0 fully saturated rings. The van der Waals surface area contributed by atoms with Gasteiger partial charge in [0.1, 0.15) is 23.7 Å². The first-order chi connectivity index (χ1) is 18.1. The van der Waals surface area contributed by atoms with Gasteiger partial charge >= 0.3 is 5.97 Å². The Balaban J connectivity index is 1.71. The maximum absolute atomic E-state index is 13.4. The summed E-state index contributed by atoms with van der Waals surface area (Å²) in [5.41, 5.74) is -0.110. The standard InChI is InChI=1S/C29H38N2O7/c1-28(2,3)38-25(33)14-16-29(27(34)30-17-15-21-6-10-23(35-4)11-7-21)20-37-26(31-29)22-8-12-24(13-9-22)36-19-5-18-32/h6-13,32H,5,14-20H2,1-4H3,(H,30,34)/t29-/m1/s1. The van der Waals surface area contributed by atoms with E-state index in [-0.39, 0.29) is 32.0 Å². The van der Waals surface area contributed by atoms with Gasteiger partial charge in [-0.3, -0.25) is 9.59 Å². The molecule has 2 aromatic carbocycles. The van der Waals surface area contributed by atoms with Gasteiger partial charge in [-0.1, -0.05) is 12.1 Å². The first kappa shape index (κ1) is 29.0. The number of aliphatic imine (C=N–C) groups is 1. The molecule has 0 aliphatic carbocycles. The Bertz CT molecular complexity index is 1090. The van der Waals surface area contributed by atoms with Crippen molar-refractivity contribution >= 4 is 17.8 Å². The lowest BCUT2D eigenvalue weighted by molar-refractivity contribution is -0.155. The molecule has 206 valence electrons. The van der Waals surface area contributed by atoms with E-state index >= 15 is 0 Å². The Morgan fingerprint density at radius 1 is 1.08 bits per heavy atom. The number of carbonyl (C=O) groups is 2. The number of benzene rings is 2. The number of hydrogen-bond acceptors (Lipinski definition) is 8. The van der Waals surface area contributed by atoms with E-state index < -0.39 is 17.1 Å². The third-order valence-corrected chi connectivity index (χ3v) is 5.88. The van der Waals surface area contributed by atoms with Gasteiger partial charge in [0.2, 0.25) is 5.90 Å². The number of hydrogen-bond donors (Lipinski definition) is 2. The average molecular weight is 527 g/mol. The Kier molecular flexibility index (Phi) is 10.1. The quantitative estimate of drug-likeness (QED) is 0.303. The van der Waals surface area contributed by atoms with Crippen molar-refractivity contribution in [3.05, 3.63) is 59.7 Å². The van der Waals surface area contributed by atoms with Crippen LogP contribution in [0.3, 0.4) is 0 Å². The van der Waals surface area contributed by atoms with Crippen LogP contribution in [-0.2, 0) is 25.5 Å². The highest BCUT2D eigenvalue weighted by Crippen LogP contribution is 2.29. The van der Waals surface area contributed by atoms with Gasteiger partial charge in [0.05, 0.1) is 13.7 Å². The van der Waals surface area contributed by atoms with E-state index in [1.807, 2.05) is 24.3 Å². The Morgan fingerprint density at radius 2 is 1.76 bits per heavy atom. The highest BCUT2D eigenvalue weighted by atomic mass is 16.6. The monoisotopic (exact) mass is 526 g/mol. The fourth-order valence-corrected chi connectivity index (χ4v) is 3.88. The van der Waals surface area contributed by atoms with Crippen LogP contribution in [0.15, 0.2) is 53.5 Å². The number of aliphatic hydroxyl groups is 1. The van der Waals surface area contributed by atoms with Gasteiger partial charge in [-0.25, -0.2) is 4.99 Å². The zero-order chi connectivity index (χ0) is 27.6. The van der Waals surface area contributed by atoms with Crippen molar-refractivity contribution in [3.63, 3.8) is 0 Å². The van der Waals surface area contributed by atoms with Gasteiger partial charge in [-0.15, -0.1) is 0 Å². The van der Waals surface area contributed by atoms with Crippen LogP contribution in [0.4, 0.5) is 0 Å². The Labute approximate surface area is 224 Å². The molecule has 1 aliphatic heterocycles. The van der Waals surface area contributed by atoms with E-state index in [0.717, 1.165) is 11.3 Å². The van der Waals surface area contributed by atoms with Gasteiger partial charge in [0, 0.05) is 31.6 Å². The lowest BCUT2D eigenvalue weighted by Gasteiger charge is -2.24. The topological polar surface area (TPSA) is 116 Å². The van der Waals surface area contributed by atoms with Gasteiger partial charge < -0.3 is 29.4 Å². The SMILES string of the molecule is COc1ccc(CCNC(=O)[C@@]2(CCC(=O)OC(C)(C)C)COC(c3ccc(OCCCO)cc3)=N2)cc1. The maximum atomic E-state index is 13.4. The minimum Gasteiger partial charge on any atom is -0.497 e. The van der Waals surface area contributed by atoms with E-state index in [2.05, 4.69) is 5.32 Å². The number of esters is 1. The number of nitrogens with one attached hydrogen (secondary N) is 1. The summed E-state index contributed by atoms with van der Waals surface area (Å²) in [6, 6.07) is 14.8. The number of carbonyl (C=O) groups excluding carboxylic acids is 2. The number of methoxy groups -OCH3 is 1. The molecular formula is C29H38N2O7. The predicted molar refractivity (Wildman–Crippen MR) is 144 cm³/mol. The lowest BCUT2D eigenvalue weighted by Crippen LogP contribution is -2.47. The first-order valence-electron chi connectivity index (χ1n) is 12.8. The molecule has 0 radical (unpaired) electrons. The van der Waals surface area contributed by atoms with Crippen LogP contribution in [0.25, 0.3) is 0 Å². The molecule has 0 saturated carbocycles. The van der Waals surface area contributed by atoms with Crippen LogP contribution in [0.2, 0.25) is 0 Å². The average Bonchev–Trinajstić information content (AvgIpc) is 3.33. The summed E-state index contributed by atoms with van der Waals surface area (Å²) in [7, 11) is 1.62. The highest BCUT2D eigenvalue weighted by molar-refractivity contribution is 6.00. The number of amides is 1. The molecule has 0 bridgehead atoms. The number of nitrogens with zero attached hydrogens (tertiary/aromatic N) is 1. The number of aliphatic hydroxyl groups excluding tert-OH is 1. The van der Waals surface area contributed by atoms with Crippen molar-refractivity contribution < 1.29 is 33.6 Å². The fourth-order valence-electron chi connectivity index (χ4n) is 3.88. The van der Waals surface area contributed by atoms with Crippen molar-refractivity contribution in [2.75, 3.05) is 33.5 Å². The van der Waals surface area contributed by atoms with Crippen LogP contribution >= 0.6 is 0 Å². The molecule has 3 rings (SSSR count). The molecule has 1 heterocycles. The Morgan fingerprint density at radius 3 is 2.39 bits per heavy atom. The smallest absolute Gasteiger partial charge is 0.306 e. The van der Waals surface area contributed by atoms with E-state index in [4.69, 9.17) is 29.0 Å². The van der Waals surface area contributed by atoms with Crippen molar-refractivity contribution in [1.82, 2.24) is 5.32 Å². The summed E-state index contributed by atoms with van der Waals surface area (Å²) >= 11 is 0. The van der Waals surface area contributed by atoms with E-state index in [1.54, 1.807) is 52.1 Å². The van der Waals surface area contributed by atoms with Gasteiger partial charge in [-0.2, -0.15) is 0 Å². The molecule has 0 unspecified atom stereocenters. The summed E-state index contributed by atoms with van der Waals surface area (Å²) in [4.78, 5) is 30.6. The third kappa shape index (κ3) is 8.48. The number of rotatable bonds is 13. The van der Waals surface area contributed by atoms with E-state index in [9.17, 15) is 9.59 Å². The van der Waals surface area contributed by atoms with Gasteiger partial charge in [0.15, 0.2) is 5.54 Å². The molecule has 9 heteroatoms. The minimum atomic E-state index is -1.25. The molecule has 1 atom stereocenters. The number of ether oxygens (including phenoxy) is 4. The van der Waals surface area contributed by atoms with Crippen molar-refractivity contribution in [1.29, 1.82) is 0 Å². The van der Waals surface area contributed by atoms with Crippen LogP contribution in [0.1, 0.15) is 51.2 Å². The van der Waals surface area contributed by atoms with Crippen LogP contribution in [0.5, 0.6) is 11.5 Å². The molecule has 9 nitrogen and oxygen atoms in total. The van der Waals surface area contributed by atoms with Crippen molar-refractivity contribution in [2.45, 2.75) is 57.6 Å². The molecule has 2 aromatic rings. The molecule has 38 heavy (non-hydrogen) atoms. The summed E-state index contributed by atoms with van der Waals surface area (Å²) in [6.07, 6.45) is 1.36. The van der Waals surface area contributed by atoms with Crippen molar-refractivity contribution in [3.8, 4) is 11.5 Å². The molecule has 1 amide bonds. The molecule has 0 aromatic heterocycles. The molecule has 0 spiro atoms. The molecular weight excluding hydrogens is 488 g/mol. The minimum absolute atomic E-state index is 0.0221. The zero-order valence-corrected chi connectivity index (χ0v) is 22.6. The van der Waals surface area contributed by atoms with Crippen LogP contribution in [0, 0.1) is 0 Å². The first-order valence-corrected chi connectivity index (χ1v) is 12.8. The second kappa shape index (κ2) is 13.3. The summed E-state index contributed by atoms with van der Waals surface area (Å²) in [5.74, 6) is 1.08.